The van der Waals surface area contributed by atoms with Crippen LogP contribution in [0.1, 0.15) is 23.6 Å². The van der Waals surface area contributed by atoms with Crippen LogP contribution in [0.3, 0.4) is 0 Å². The van der Waals surface area contributed by atoms with E-state index in [9.17, 15) is 0 Å². The summed E-state index contributed by atoms with van der Waals surface area (Å²) in [6, 6.07) is 93.5. The molecular weight excluding hydrogens is 783 g/mol. The molecule has 0 spiro atoms. The van der Waals surface area contributed by atoms with Crippen LogP contribution in [0, 0.1) is 0 Å². The molecule has 12 rings (SSSR count). The van der Waals surface area contributed by atoms with Gasteiger partial charge >= 0.3 is 0 Å². The minimum atomic E-state index is -0.305. The SMILES string of the molecule is CC1(c2ccccc2)c2ccccc2-c2c(N(c3ccc(-c4ccc(-c5ccc6ccccc6c5)cc4)cc3)c3ccc(-c4ccc(-c5ccc6ccccc6c5)cc4)cc3)cccc21. The van der Waals surface area contributed by atoms with E-state index in [1.54, 1.807) is 0 Å². The van der Waals surface area contributed by atoms with Gasteiger partial charge in [-0.15, -0.1) is 0 Å². The maximum absolute atomic E-state index is 2.45. The molecule has 1 atom stereocenters. The van der Waals surface area contributed by atoms with E-state index in [-0.39, 0.29) is 5.41 Å². The first kappa shape index (κ1) is 38.4. The molecule has 11 aromatic carbocycles. The van der Waals surface area contributed by atoms with Gasteiger partial charge in [-0.3, -0.25) is 0 Å². The number of hydrogen-bond acceptors (Lipinski definition) is 1. The molecule has 65 heavy (non-hydrogen) atoms. The van der Waals surface area contributed by atoms with E-state index >= 15 is 0 Å². The molecule has 306 valence electrons. The monoisotopic (exact) mass is 827 g/mol. The normalized spacial score (nSPS) is 14.0. The molecule has 0 radical (unpaired) electrons. The van der Waals surface area contributed by atoms with Gasteiger partial charge < -0.3 is 4.90 Å². The maximum Gasteiger partial charge on any atom is 0.0543 e. The zero-order chi connectivity index (χ0) is 43.3. The summed E-state index contributed by atoms with van der Waals surface area (Å²) in [5, 5.41) is 5.03. The second-order valence-electron chi connectivity index (χ2n) is 17.4. The van der Waals surface area contributed by atoms with Gasteiger partial charge in [0.25, 0.3) is 0 Å². The van der Waals surface area contributed by atoms with Crippen LogP contribution in [0.25, 0.3) is 77.2 Å². The van der Waals surface area contributed by atoms with Gasteiger partial charge in [-0.05, 0) is 138 Å². The van der Waals surface area contributed by atoms with Crippen LogP contribution in [0.2, 0.25) is 0 Å². The highest BCUT2D eigenvalue weighted by atomic mass is 15.1. The smallest absolute Gasteiger partial charge is 0.0543 e. The molecule has 1 nitrogen and oxygen atoms in total. The van der Waals surface area contributed by atoms with E-state index in [0.717, 1.165) is 17.1 Å². The summed E-state index contributed by atoms with van der Waals surface area (Å²) < 4.78 is 0. The molecule has 0 amide bonds. The Morgan fingerprint density at radius 2 is 0.677 bits per heavy atom. The summed E-state index contributed by atoms with van der Waals surface area (Å²) in [6.45, 7) is 2.39. The van der Waals surface area contributed by atoms with Crippen molar-refractivity contribution in [1.29, 1.82) is 0 Å². The zero-order valence-corrected chi connectivity index (χ0v) is 36.2. The van der Waals surface area contributed by atoms with Crippen molar-refractivity contribution in [2.75, 3.05) is 4.90 Å². The Hall–Kier alpha value is -8.26. The van der Waals surface area contributed by atoms with Crippen LogP contribution >= 0.6 is 0 Å². The van der Waals surface area contributed by atoms with Crippen LogP contribution in [0.5, 0.6) is 0 Å². The maximum atomic E-state index is 2.45. The van der Waals surface area contributed by atoms with Crippen LogP contribution in [0.4, 0.5) is 17.1 Å². The lowest BCUT2D eigenvalue weighted by Gasteiger charge is -2.30. The Balaban J connectivity index is 0.924. The number of rotatable bonds is 8. The number of benzene rings is 11. The first-order valence-electron chi connectivity index (χ1n) is 22.6. The van der Waals surface area contributed by atoms with Crippen molar-refractivity contribution in [3.63, 3.8) is 0 Å². The molecule has 1 aliphatic carbocycles. The highest BCUT2D eigenvalue weighted by Gasteiger charge is 2.42. The number of fused-ring (bicyclic) bond motifs is 5. The quantitative estimate of drug-likeness (QED) is 0.147. The summed E-state index contributed by atoms with van der Waals surface area (Å²) in [4.78, 5) is 2.45. The summed E-state index contributed by atoms with van der Waals surface area (Å²) in [7, 11) is 0. The van der Waals surface area contributed by atoms with E-state index in [1.807, 2.05) is 0 Å². The lowest BCUT2D eigenvalue weighted by atomic mass is 9.74. The summed E-state index contributed by atoms with van der Waals surface area (Å²) in [5.74, 6) is 0. The molecule has 0 aliphatic heterocycles. The number of anilines is 3. The highest BCUT2D eigenvalue weighted by Crippen LogP contribution is 2.56. The van der Waals surface area contributed by atoms with Crippen molar-refractivity contribution < 1.29 is 0 Å². The zero-order valence-electron chi connectivity index (χ0n) is 36.2. The van der Waals surface area contributed by atoms with E-state index in [4.69, 9.17) is 0 Å². The topological polar surface area (TPSA) is 3.24 Å². The van der Waals surface area contributed by atoms with Crippen LogP contribution < -0.4 is 4.90 Å². The minimum absolute atomic E-state index is 0.305. The van der Waals surface area contributed by atoms with Crippen LogP contribution in [-0.4, -0.2) is 0 Å². The largest absolute Gasteiger partial charge is 0.310 e. The Bertz CT molecular complexity index is 3350. The molecule has 1 aliphatic rings. The third-order valence-corrected chi connectivity index (χ3v) is 13.8. The molecule has 1 heteroatoms. The van der Waals surface area contributed by atoms with Gasteiger partial charge in [0.1, 0.15) is 0 Å². The Kier molecular flexibility index (Phi) is 9.35. The Labute approximate surface area is 381 Å². The molecule has 0 bridgehead atoms. The first-order valence-corrected chi connectivity index (χ1v) is 22.6. The van der Waals surface area contributed by atoms with Gasteiger partial charge in [-0.1, -0.05) is 212 Å². The van der Waals surface area contributed by atoms with E-state index < -0.39 is 0 Å². The fourth-order valence-corrected chi connectivity index (χ4v) is 10.3. The van der Waals surface area contributed by atoms with Gasteiger partial charge in [0.2, 0.25) is 0 Å². The average molecular weight is 828 g/mol. The molecule has 1 unspecified atom stereocenters. The van der Waals surface area contributed by atoms with Crippen molar-refractivity contribution in [2.24, 2.45) is 0 Å². The fraction of sp³-hybridized carbons (Fsp3) is 0.0312. The van der Waals surface area contributed by atoms with Crippen molar-refractivity contribution in [3.8, 4) is 55.6 Å². The van der Waals surface area contributed by atoms with Gasteiger partial charge in [-0.25, -0.2) is 0 Å². The second kappa shape index (κ2) is 15.8. The Morgan fingerprint density at radius 3 is 1.18 bits per heavy atom. The molecular formula is C64H45N. The molecule has 0 saturated heterocycles. The number of nitrogens with zero attached hydrogens (tertiary/aromatic N) is 1. The predicted octanol–water partition coefficient (Wildman–Crippen LogP) is 17.5. The minimum Gasteiger partial charge on any atom is -0.310 e. The third kappa shape index (κ3) is 6.72. The molecule has 0 saturated carbocycles. The van der Waals surface area contributed by atoms with Gasteiger partial charge in [-0.2, -0.15) is 0 Å². The fourth-order valence-electron chi connectivity index (χ4n) is 10.3. The van der Waals surface area contributed by atoms with Crippen molar-refractivity contribution >= 4 is 38.6 Å². The summed E-state index contributed by atoms with van der Waals surface area (Å²) >= 11 is 0. The average Bonchev–Trinajstić information content (AvgIpc) is 3.66. The number of hydrogen-bond donors (Lipinski definition) is 0. The van der Waals surface area contributed by atoms with Crippen molar-refractivity contribution in [2.45, 2.75) is 12.3 Å². The van der Waals surface area contributed by atoms with E-state index in [0.29, 0.717) is 0 Å². The van der Waals surface area contributed by atoms with Crippen LogP contribution in [0.15, 0.2) is 255 Å². The Morgan fingerprint density at radius 1 is 0.292 bits per heavy atom. The van der Waals surface area contributed by atoms with Gasteiger partial charge in [0.05, 0.1) is 5.69 Å². The molecule has 0 fully saturated rings. The van der Waals surface area contributed by atoms with Crippen molar-refractivity contribution in [3.05, 3.63) is 271 Å². The van der Waals surface area contributed by atoms with E-state index in [2.05, 4.69) is 267 Å². The molecule has 0 N–H and O–H groups in total. The predicted molar refractivity (Wildman–Crippen MR) is 275 cm³/mol. The highest BCUT2D eigenvalue weighted by molar-refractivity contribution is 5.97. The van der Waals surface area contributed by atoms with Gasteiger partial charge in [0.15, 0.2) is 0 Å². The first-order chi connectivity index (χ1) is 32.1. The molecule has 11 aromatic rings. The molecule has 0 aromatic heterocycles. The third-order valence-electron chi connectivity index (χ3n) is 13.8. The standard InChI is InChI=1S/C64H45N/c1-64(56-16-3-2-4-17-56)60-19-10-9-18-59(60)63-61(64)20-11-21-62(63)65(57-38-34-48(35-39-57)46-22-26-50(27-23-46)54-32-30-44-12-5-7-14-52(44)42-54)58-40-36-49(37-41-58)47-24-28-51(29-25-47)55-33-31-45-13-6-8-15-53(45)43-55/h2-43H,1H3. The van der Waals surface area contributed by atoms with Gasteiger partial charge in [0, 0.05) is 22.4 Å². The lowest BCUT2D eigenvalue weighted by molar-refractivity contribution is 0.714. The van der Waals surface area contributed by atoms with Crippen LogP contribution in [-0.2, 0) is 5.41 Å². The lowest BCUT2D eigenvalue weighted by Crippen LogP contribution is -2.22. The summed E-state index contributed by atoms with van der Waals surface area (Å²) in [5.41, 5.74) is 19.2. The second-order valence-corrected chi connectivity index (χ2v) is 17.4. The summed E-state index contributed by atoms with van der Waals surface area (Å²) in [6.07, 6.45) is 0. The van der Waals surface area contributed by atoms with E-state index in [1.165, 1.54) is 93.9 Å². The molecule has 0 heterocycles. The van der Waals surface area contributed by atoms with Crippen molar-refractivity contribution in [1.82, 2.24) is 0 Å².